The van der Waals surface area contributed by atoms with Gasteiger partial charge in [0.15, 0.2) is 11.6 Å². The summed E-state index contributed by atoms with van der Waals surface area (Å²) in [5.41, 5.74) is -1.68. The Bertz CT molecular complexity index is 784. The molecule has 3 N–H and O–H groups in total. The molecule has 4 aliphatic carbocycles. The molecule has 0 saturated heterocycles. The summed E-state index contributed by atoms with van der Waals surface area (Å²) in [7, 11) is 0. The Balaban J connectivity index is 1.82. The van der Waals surface area contributed by atoms with Crippen LogP contribution in [-0.4, -0.2) is 45.2 Å². The predicted octanol–water partition coefficient (Wildman–Crippen LogP) is 2.05. The van der Waals surface area contributed by atoms with Crippen LogP contribution in [0.25, 0.3) is 0 Å². The molecule has 0 aromatic heterocycles. The predicted molar refractivity (Wildman–Crippen MR) is 104 cm³/mol. The van der Waals surface area contributed by atoms with E-state index in [0.29, 0.717) is 12.8 Å². The van der Waals surface area contributed by atoms with Crippen molar-refractivity contribution in [2.45, 2.75) is 58.7 Å². The van der Waals surface area contributed by atoms with Crippen molar-refractivity contribution in [1.82, 2.24) is 0 Å². The largest absolute Gasteiger partial charge is 0.393 e. The first-order valence-corrected chi connectivity index (χ1v) is 10.5. The summed E-state index contributed by atoms with van der Waals surface area (Å²) in [5.74, 6) is -0.397. The third-order valence-corrected chi connectivity index (χ3v) is 9.00. The maximum atomic E-state index is 12.6. The van der Waals surface area contributed by atoms with Crippen molar-refractivity contribution in [2.75, 3.05) is 6.61 Å². The molecule has 3 saturated carbocycles. The van der Waals surface area contributed by atoms with Gasteiger partial charge in [-0.1, -0.05) is 39.3 Å². The van der Waals surface area contributed by atoms with Crippen LogP contribution >= 0.6 is 0 Å². The number of aliphatic hydroxyl groups is 3. The van der Waals surface area contributed by atoms with Gasteiger partial charge in [-0.3, -0.25) is 9.59 Å². The number of Topliss-reactive ketones (excluding diaryl/α,β-unsaturated/α-hetero) is 1. The molecular formula is C23H32O5. The van der Waals surface area contributed by atoms with Crippen molar-refractivity contribution < 1.29 is 24.9 Å². The molecule has 0 heterocycles. The minimum Gasteiger partial charge on any atom is -0.393 e. The number of carbonyl (C=O) groups excluding carboxylic acids is 2. The Kier molecular flexibility index (Phi) is 4.36. The van der Waals surface area contributed by atoms with Gasteiger partial charge in [-0.15, -0.1) is 0 Å². The zero-order valence-electron chi connectivity index (χ0n) is 17.2. The summed E-state index contributed by atoms with van der Waals surface area (Å²) >= 11 is 0. The van der Waals surface area contributed by atoms with E-state index in [1.807, 2.05) is 19.9 Å². The fourth-order valence-corrected chi connectivity index (χ4v) is 7.70. The highest BCUT2D eigenvalue weighted by atomic mass is 16.3. The fourth-order valence-electron chi connectivity index (χ4n) is 7.70. The van der Waals surface area contributed by atoms with Crippen molar-refractivity contribution in [3.8, 4) is 0 Å². The van der Waals surface area contributed by atoms with E-state index in [4.69, 9.17) is 0 Å². The second kappa shape index (κ2) is 6.10. The quantitative estimate of drug-likeness (QED) is 0.673. The molecule has 9 atom stereocenters. The second-order valence-electron chi connectivity index (χ2n) is 10.3. The lowest BCUT2D eigenvalue weighted by Crippen LogP contribution is -2.63. The van der Waals surface area contributed by atoms with Gasteiger partial charge in [-0.2, -0.15) is 0 Å². The number of rotatable bonds is 2. The van der Waals surface area contributed by atoms with Crippen LogP contribution in [0.3, 0.4) is 0 Å². The molecule has 4 rings (SSSR count). The van der Waals surface area contributed by atoms with E-state index in [-0.39, 0.29) is 40.8 Å². The molecule has 154 valence electrons. The van der Waals surface area contributed by atoms with E-state index in [2.05, 4.69) is 13.8 Å². The molecule has 5 heteroatoms. The van der Waals surface area contributed by atoms with Gasteiger partial charge in [0.1, 0.15) is 12.2 Å². The maximum Gasteiger partial charge on any atom is 0.190 e. The van der Waals surface area contributed by atoms with Gasteiger partial charge in [-0.05, 0) is 55.1 Å². The Labute approximate surface area is 166 Å². The number of ketones is 2. The van der Waals surface area contributed by atoms with E-state index >= 15 is 0 Å². The summed E-state index contributed by atoms with van der Waals surface area (Å²) in [5, 5.41) is 32.4. The van der Waals surface area contributed by atoms with Gasteiger partial charge < -0.3 is 15.3 Å². The van der Waals surface area contributed by atoms with Crippen LogP contribution in [0.15, 0.2) is 23.8 Å². The molecule has 5 nitrogen and oxygen atoms in total. The van der Waals surface area contributed by atoms with Crippen molar-refractivity contribution in [3.05, 3.63) is 23.8 Å². The van der Waals surface area contributed by atoms with Crippen molar-refractivity contribution in [2.24, 2.45) is 40.4 Å². The summed E-state index contributed by atoms with van der Waals surface area (Å²) in [4.78, 5) is 24.6. The van der Waals surface area contributed by atoms with Gasteiger partial charge in [0.25, 0.3) is 0 Å². The first-order chi connectivity index (χ1) is 13.0. The maximum absolute atomic E-state index is 12.6. The first kappa shape index (κ1) is 20.0. The lowest BCUT2D eigenvalue weighted by molar-refractivity contribution is -0.188. The minimum absolute atomic E-state index is 0.00525. The lowest BCUT2D eigenvalue weighted by atomic mass is 9.44. The zero-order chi connectivity index (χ0) is 20.6. The number of carbonyl (C=O) groups is 2. The normalized spacial score (nSPS) is 52.5. The van der Waals surface area contributed by atoms with Crippen LogP contribution in [-0.2, 0) is 9.59 Å². The van der Waals surface area contributed by atoms with Crippen LogP contribution < -0.4 is 0 Å². The van der Waals surface area contributed by atoms with Gasteiger partial charge in [0.05, 0.1) is 6.10 Å². The number of hydrogen-bond acceptors (Lipinski definition) is 5. The van der Waals surface area contributed by atoms with Gasteiger partial charge in [0, 0.05) is 16.7 Å². The summed E-state index contributed by atoms with van der Waals surface area (Å²) in [6, 6.07) is 0. The number of aliphatic hydroxyl groups excluding tert-OH is 2. The Hall–Kier alpha value is -1.30. The van der Waals surface area contributed by atoms with Crippen molar-refractivity contribution in [1.29, 1.82) is 0 Å². The van der Waals surface area contributed by atoms with Crippen molar-refractivity contribution in [3.63, 3.8) is 0 Å². The first-order valence-electron chi connectivity index (χ1n) is 10.5. The molecule has 28 heavy (non-hydrogen) atoms. The summed E-state index contributed by atoms with van der Waals surface area (Å²) in [6.07, 6.45) is 6.42. The van der Waals surface area contributed by atoms with Crippen LogP contribution in [0, 0.1) is 40.4 Å². The zero-order valence-corrected chi connectivity index (χ0v) is 17.2. The smallest absolute Gasteiger partial charge is 0.190 e. The molecule has 0 radical (unpaired) electrons. The van der Waals surface area contributed by atoms with Crippen molar-refractivity contribution >= 4 is 11.6 Å². The van der Waals surface area contributed by atoms with Crippen LogP contribution in [0.2, 0.25) is 0 Å². The fraction of sp³-hybridized carbons (Fsp3) is 0.739. The molecule has 0 amide bonds. The van der Waals surface area contributed by atoms with Crippen LogP contribution in [0.5, 0.6) is 0 Å². The average molecular weight is 389 g/mol. The van der Waals surface area contributed by atoms with E-state index in [0.717, 1.165) is 12.0 Å². The highest BCUT2D eigenvalue weighted by Gasteiger charge is 2.71. The lowest BCUT2D eigenvalue weighted by Gasteiger charge is -2.61. The highest BCUT2D eigenvalue weighted by molar-refractivity contribution is 6.01. The Morgan fingerprint density at radius 3 is 2.61 bits per heavy atom. The molecular weight excluding hydrogens is 356 g/mol. The number of hydrogen-bond donors (Lipinski definition) is 3. The van der Waals surface area contributed by atoms with Gasteiger partial charge >= 0.3 is 0 Å². The van der Waals surface area contributed by atoms with Gasteiger partial charge in [0.2, 0.25) is 0 Å². The minimum atomic E-state index is -1.62. The Morgan fingerprint density at radius 2 is 1.96 bits per heavy atom. The molecule has 3 fully saturated rings. The van der Waals surface area contributed by atoms with Crippen LogP contribution in [0.4, 0.5) is 0 Å². The standard InChI is InChI=1S/C23H32O5/c1-12-7-14-9-15(25)5-6-21(14,3)20-17(26)10-22(4)16(19(12)20)8-13(2)23(22,28)18(27)11-24/h5-6,9,12-13,16-17,19-20,24,26,28H,7-8,10-11H2,1-4H3/t12-,13-,16+,17+,19+,20+,21+,22+,23+/m1/s1. The summed E-state index contributed by atoms with van der Waals surface area (Å²) < 4.78 is 0. The molecule has 0 unspecified atom stereocenters. The molecule has 0 bridgehead atoms. The topological polar surface area (TPSA) is 94.8 Å². The van der Waals surface area contributed by atoms with Crippen LogP contribution in [0.1, 0.15) is 47.0 Å². The van der Waals surface area contributed by atoms with E-state index in [1.165, 1.54) is 0 Å². The highest BCUT2D eigenvalue weighted by Crippen LogP contribution is 2.69. The molecule has 0 spiro atoms. The number of fused-ring (bicyclic) bond motifs is 5. The summed E-state index contributed by atoms with van der Waals surface area (Å²) in [6.45, 7) is 7.40. The van der Waals surface area contributed by atoms with E-state index in [9.17, 15) is 24.9 Å². The van der Waals surface area contributed by atoms with E-state index < -0.39 is 29.5 Å². The molecule has 0 aromatic rings. The van der Waals surface area contributed by atoms with E-state index in [1.54, 1.807) is 12.2 Å². The third-order valence-electron chi connectivity index (χ3n) is 9.00. The molecule has 0 aliphatic heterocycles. The average Bonchev–Trinajstić information content (AvgIpc) is 2.83. The third kappa shape index (κ3) is 2.24. The number of allylic oxidation sites excluding steroid dienone is 4. The monoisotopic (exact) mass is 388 g/mol. The molecule has 0 aromatic carbocycles. The molecule has 4 aliphatic rings. The van der Waals surface area contributed by atoms with Gasteiger partial charge in [-0.25, -0.2) is 0 Å². The Morgan fingerprint density at radius 1 is 1.29 bits per heavy atom. The SMILES string of the molecule is C[C@@H]1CC2=CC(=O)C=C[C@]2(C)[C@@H]2[C@@H]1[C@@H]1C[C@@H](C)[C@](O)(C(=O)CO)[C@@]1(C)C[C@@H]2O. The second-order valence-corrected chi connectivity index (χ2v) is 10.3.